The summed E-state index contributed by atoms with van der Waals surface area (Å²) in [6.45, 7) is 8.09. The van der Waals surface area contributed by atoms with Gasteiger partial charge in [-0.3, -0.25) is 14.9 Å². The number of nitrogens with one attached hydrogen (secondary N) is 3. The molecule has 0 aliphatic carbocycles. The van der Waals surface area contributed by atoms with E-state index in [-0.39, 0.29) is 31.4 Å². The summed E-state index contributed by atoms with van der Waals surface area (Å²) in [4.78, 5) is 31.3. The van der Waals surface area contributed by atoms with E-state index in [4.69, 9.17) is 9.57 Å². The molecule has 2 aromatic carbocycles. The first-order chi connectivity index (χ1) is 20.4. The van der Waals surface area contributed by atoms with Gasteiger partial charge in [0.15, 0.2) is 11.6 Å². The topological polar surface area (TPSA) is 130 Å². The molecule has 4 rings (SSSR count). The van der Waals surface area contributed by atoms with Crippen molar-refractivity contribution in [3.05, 3.63) is 71.3 Å². The number of para-hydroxylation sites is 1. The molecule has 3 amide bonds. The van der Waals surface area contributed by atoms with Crippen LogP contribution in [0.5, 0.6) is 5.88 Å². The van der Waals surface area contributed by atoms with Crippen LogP contribution in [0.4, 0.5) is 19.4 Å². The van der Waals surface area contributed by atoms with Crippen molar-refractivity contribution in [2.45, 2.75) is 58.3 Å². The van der Waals surface area contributed by atoms with Crippen LogP contribution < -0.4 is 20.7 Å². The van der Waals surface area contributed by atoms with E-state index in [2.05, 4.69) is 21.0 Å². The van der Waals surface area contributed by atoms with Crippen LogP contribution in [0.2, 0.25) is 0 Å². The molecule has 43 heavy (non-hydrogen) atoms. The summed E-state index contributed by atoms with van der Waals surface area (Å²) in [5.74, 6) is -1.50. The molecule has 1 saturated heterocycles. The molecule has 232 valence electrons. The van der Waals surface area contributed by atoms with Gasteiger partial charge in [-0.2, -0.15) is 5.06 Å². The van der Waals surface area contributed by atoms with Crippen LogP contribution >= 0.6 is 0 Å². The van der Waals surface area contributed by atoms with Crippen LogP contribution in [0.3, 0.4) is 0 Å². The Kier molecular flexibility index (Phi) is 10.3. The highest BCUT2D eigenvalue weighted by atomic mass is 19.2. The number of likely N-dealkylation sites (N-methyl/N-ethyl adjacent to an activating group) is 1. The highest BCUT2D eigenvalue weighted by Gasteiger charge is 2.36. The van der Waals surface area contributed by atoms with Crippen molar-refractivity contribution in [2.75, 3.05) is 31.6 Å². The molecule has 3 aromatic rings. The number of ether oxygens (including phenoxy) is 1. The highest BCUT2D eigenvalue weighted by molar-refractivity contribution is 5.90. The molecule has 0 bridgehead atoms. The molecule has 1 aliphatic rings. The van der Waals surface area contributed by atoms with E-state index in [0.717, 1.165) is 12.1 Å². The third kappa shape index (κ3) is 8.49. The number of carbonyl (C=O) groups is 2. The van der Waals surface area contributed by atoms with E-state index >= 15 is 0 Å². The predicted octanol–water partition coefficient (Wildman–Crippen LogP) is 4.00. The number of nitrogens with zero attached hydrogens (tertiary/aromatic N) is 3. The van der Waals surface area contributed by atoms with Crippen LogP contribution in [0.15, 0.2) is 48.5 Å². The zero-order valence-corrected chi connectivity index (χ0v) is 24.7. The molecule has 4 N–H and O–H groups in total. The highest BCUT2D eigenvalue weighted by Crippen LogP contribution is 2.31. The largest absolute Gasteiger partial charge is 0.476 e. The lowest BCUT2D eigenvalue weighted by Crippen LogP contribution is -2.42. The first kappa shape index (κ1) is 31.9. The Labute approximate surface area is 249 Å². The SMILES string of the molecule is CCN1C[C@@H](NC(=O)Nc2c(C)c(OCCCC(=O)NCC(C)(C)O)nn2-c2ccccc2)[C@H](c2ccc(F)c(F)c2)O1. The number of benzene rings is 2. The number of carbonyl (C=O) groups excluding carboxylic acids is 2. The molecular formula is C30H38F2N6O5. The summed E-state index contributed by atoms with van der Waals surface area (Å²) >= 11 is 0. The molecule has 0 radical (unpaired) electrons. The van der Waals surface area contributed by atoms with Crippen molar-refractivity contribution in [2.24, 2.45) is 0 Å². The Balaban J connectivity index is 1.46. The van der Waals surface area contributed by atoms with Crippen LogP contribution in [0.25, 0.3) is 5.69 Å². The summed E-state index contributed by atoms with van der Waals surface area (Å²) in [5.41, 5.74) is 0.654. The quantitative estimate of drug-likeness (QED) is 0.231. The Bertz CT molecular complexity index is 1410. The number of hydrogen-bond donors (Lipinski definition) is 4. The number of rotatable bonds is 12. The fraction of sp³-hybridized carbons (Fsp3) is 0.433. The number of halogens is 2. The Morgan fingerprint density at radius 3 is 2.58 bits per heavy atom. The number of hydrogen-bond acceptors (Lipinski definition) is 7. The van der Waals surface area contributed by atoms with Gasteiger partial charge in [-0.05, 0) is 57.0 Å². The van der Waals surface area contributed by atoms with Gasteiger partial charge < -0.3 is 20.5 Å². The second-order valence-corrected chi connectivity index (χ2v) is 11.0. The van der Waals surface area contributed by atoms with Gasteiger partial charge in [0.25, 0.3) is 0 Å². The van der Waals surface area contributed by atoms with Crippen molar-refractivity contribution < 1.29 is 33.1 Å². The minimum atomic E-state index is -0.997. The molecule has 0 saturated carbocycles. The van der Waals surface area contributed by atoms with Gasteiger partial charge in [0.05, 0.1) is 29.5 Å². The Hall–Kier alpha value is -4.07. The maximum absolute atomic E-state index is 14.0. The van der Waals surface area contributed by atoms with E-state index in [1.165, 1.54) is 6.07 Å². The van der Waals surface area contributed by atoms with Crippen LogP contribution in [0.1, 0.15) is 50.8 Å². The van der Waals surface area contributed by atoms with Crippen molar-refractivity contribution >= 4 is 17.8 Å². The summed E-state index contributed by atoms with van der Waals surface area (Å²) in [6, 6.07) is 11.6. The lowest BCUT2D eigenvalue weighted by Gasteiger charge is -2.19. The third-order valence-electron chi connectivity index (χ3n) is 6.79. The van der Waals surface area contributed by atoms with E-state index in [0.29, 0.717) is 42.1 Å². The van der Waals surface area contributed by atoms with E-state index in [1.807, 2.05) is 37.3 Å². The normalized spacial score (nSPS) is 17.1. The molecule has 2 atom stereocenters. The molecule has 1 aliphatic heterocycles. The van der Waals surface area contributed by atoms with Gasteiger partial charge in [0.1, 0.15) is 11.9 Å². The number of anilines is 1. The zero-order valence-electron chi connectivity index (χ0n) is 24.7. The lowest BCUT2D eigenvalue weighted by molar-refractivity contribution is -0.144. The number of amides is 3. The average Bonchev–Trinajstić information content (AvgIpc) is 3.52. The van der Waals surface area contributed by atoms with Crippen molar-refractivity contribution in [1.29, 1.82) is 0 Å². The number of hydroxylamine groups is 2. The molecule has 13 heteroatoms. The summed E-state index contributed by atoms with van der Waals surface area (Å²) in [7, 11) is 0. The Morgan fingerprint density at radius 2 is 1.91 bits per heavy atom. The van der Waals surface area contributed by atoms with Gasteiger partial charge >= 0.3 is 6.03 Å². The first-order valence-corrected chi connectivity index (χ1v) is 14.2. The molecule has 0 unspecified atom stereocenters. The third-order valence-corrected chi connectivity index (χ3v) is 6.79. The van der Waals surface area contributed by atoms with Gasteiger partial charge in [0.2, 0.25) is 11.8 Å². The zero-order chi connectivity index (χ0) is 31.1. The summed E-state index contributed by atoms with van der Waals surface area (Å²) < 4.78 is 35.0. The Morgan fingerprint density at radius 1 is 1.16 bits per heavy atom. The van der Waals surface area contributed by atoms with Crippen LogP contribution in [-0.2, 0) is 9.63 Å². The fourth-order valence-electron chi connectivity index (χ4n) is 4.53. The van der Waals surface area contributed by atoms with Crippen molar-refractivity contribution in [3.8, 4) is 11.6 Å². The van der Waals surface area contributed by atoms with Gasteiger partial charge in [-0.25, -0.2) is 18.3 Å². The van der Waals surface area contributed by atoms with Gasteiger partial charge in [-0.1, -0.05) is 31.2 Å². The first-order valence-electron chi connectivity index (χ1n) is 14.2. The smallest absolute Gasteiger partial charge is 0.320 e. The molecule has 2 heterocycles. The minimum absolute atomic E-state index is 0.148. The van der Waals surface area contributed by atoms with Gasteiger partial charge in [-0.15, -0.1) is 5.10 Å². The van der Waals surface area contributed by atoms with Crippen molar-refractivity contribution in [1.82, 2.24) is 25.5 Å². The standard InChI is InChI=1S/C30H38F2N6O5/c1-5-37-17-24(26(43-37)20-13-14-22(31)23(32)16-20)34-29(40)35-27-19(2)28(36-38(27)21-10-7-6-8-11-21)42-15-9-12-25(39)33-18-30(3,4)41/h6-8,10-11,13-14,16,24,26,41H,5,9,12,15,17-18H2,1-4H3,(H,33,39)(H2,34,35,40)/t24-,26+/m1/s1. The van der Waals surface area contributed by atoms with E-state index < -0.39 is 35.4 Å². The fourth-order valence-corrected chi connectivity index (χ4v) is 4.53. The van der Waals surface area contributed by atoms with Crippen LogP contribution in [0, 0.1) is 18.6 Å². The van der Waals surface area contributed by atoms with E-state index in [1.54, 1.807) is 30.5 Å². The van der Waals surface area contributed by atoms with Gasteiger partial charge in [0, 0.05) is 26.1 Å². The predicted molar refractivity (Wildman–Crippen MR) is 156 cm³/mol. The molecular weight excluding hydrogens is 562 g/mol. The molecule has 11 nitrogen and oxygen atoms in total. The molecule has 0 spiro atoms. The molecule has 1 fully saturated rings. The second-order valence-electron chi connectivity index (χ2n) is 11.0. The molecule has 1 aromatic heterocycles. The second kappa shape index (κ2) is 13.9. The van der Waals surface area contributed by atoms with Crippen molar-refractivity contribution in [3.63, 3.8) is 0 Å². The minimum Gasteiger partial charge on any atom is -0.476 e. The number of urea groups is 1. The summed E-state index contributed by atoms with van der Waals surface area (Å²) in [5, 5.41) is 24.4. The van der Waals surface area contributed by atoms with E-state index in [9.17, 15) is 23.5 Å². The average molecular weight is 601 g/mol. The lowest BCUT2D eigenvalue weighted by atomic mass is 10.0. The maximum Gasteiger partial charge on any atom is 0.320 e. The maximum atomic E-state index is 14.0. The van der Waals surface area contributed by atoms with Crippen LogP contribution in [-0.4, -0.2) is 69.8 Å². The monoisotopic (exact) mass is 600 g/mol. The number of aromatic nitrogens is 2. The summed E-state index contributed by atoms with van der Waals surface area (Å²) in [6.07, 6.45) is -0.0978. The number of aliphatic hydroxyl groups is 1.